The molecule has 0 aliphatic heterocycles. The molecule has 200 valence electrons. The fourth-order valence-corrected chi connectivity index (χ4v) is 5.51. The Balaban J connectivity index is 1.42. The third-order valence-corrected chi connectivity index (χ3v) is 8.04. The number of halogens is 1. The molecule has 4 rings (SSSR count). The van der Waals surface area contributed by atoms with E-state index < -0.39 is 22.5 Å². The van der Waals surface area contributed by atoms with Crippen LogP contribution in [0.1, 0.15) is 23.6 Å². The Morgan fingerprint density at radius 2 is 1.54 bits per heavy atom. The van der Waals surface area contributed by atoms with Crippen LogP contribution in [0.2, 0.25) is 5.02 Å². The summed E-state index contributed by atoms with van der Waals surface area (Å²) in [5.74, 6) is 0.0869. The number of carbonyl (C=O) groups excluding carboxylic acids is 1. The van der Waals surface area contributed by atoms with E-state index in [0.29, 0.717) is 29.5 Å². The zero-order chi connectivity index (χ0) is 27.7. The van der Waals surface area contributed by atoms with E-state index in [1.807, 2.05) is 43.3 Å². The van der Waals surface area contributed by atoms with Crippen molar-refractivity contribution in [1.82, 2.24) is 5.43 Å². The lowest BCUT2D eigenvalue weighted by molar-refractivity contribution is -0.119. The highest BCUT2D eigenvalue weighted by atomic mass is 35.5. The largest absolute Gasteiger partial charge is 0.489 e. The predicted molar refractivity (Wildman–Crippen MR) is 155 cm³/mol. The van der Waals surface area contributed by atoms with Crippen LogP contribution >= 0.6 is 11.6 Å². The summed E-state index contributed by atoms with van der Waals surface area (Å²) >= 11 is 6.17. The second-order valence-corrected chi connectivity index (χ2v) is 10.8. The molecule has 0 aliphatic rings. The van der Waals surface area contributed by atoms with Gasteiger partial charge in [0.1, 0.15) is 18.9 Å². The Morgan fingerprint density at radius 1 is 0.897 bits per heavy atom. The highest BCUT2D eigenvalue weighted by Gasteiger charge is 2.28. The Labute approximate surface area is 233 Å². The second-order valence-electron chi connectivity index (χ2n) is 8.55. The molecule has 0 atom stereocenters. The first-order chi connectivity index (χ1) is 18.9. The van der Waals surface area contributed by atoms with Gasteiger partial charge in [0, 0.05) is 10.6 Å². The van der Waals surface area contributed by atoms with Crippen LogP contribution in [0.5, 0.6) is 5.75 Å². The smallest absolute Gasteiger partial charge is 0.264 e. The maximum absolute atomic E-state index is 13.5. The summed E-state index contributed by atoms with van der Waals surface area (Å²) in [6.07, 6.45) is 2.08. The van der Waals surface area contributed by atoms with Gasteiger partial charge in [-0.3, -0.25) is 9.10 Å². The number of hydrogen-bond donors (Lipinski definition) is 1. The van der Waals surface area contributed by atoms with Crippen molar-refractivity contribution in [2.75, 3.05) is 10.8 Å². The van der Waals surface area contributed by atoms with E-state index in [2.05, 4.69) is 10.5 Å². The van der Waals surface area contributed by atoms with Crippen molar-refractivity contribution in [3.8, 4) is 5.75 Å². The number of aryl methyl sites for hydroxylation is 1. The van der Waals surface area contributed by atoms with Crippen molar-refractivity contribution in [1.29, 1.82) is 0 Å². The van der Waals surface area contributed by atoms with Gasteiger partial charge < -0.3 is 4.74 Å². The fourth-order valence-electron chi connectivity index (χ4n) is 3.84. The zero-order valence-electron chi connectivity index (χ0n) is 21.3. The van der Waals surface area contributed by atoms with E-state index in [1.165, 1.54) is 18.3 Å². The molecule has 0 aliphatic carbocycles. The number of benzene rings is 4. The molecular formula is C30H28ClN3O4S. The van der Waals surface area contributed by atoms with Gasteiger partial charge in [0.15, 0.2) is 0 Å². The molecule has 0 saturated carbocycles. The molecule has 4 aromatic carbocycles. The molecule has 4 aromatic rings. The summed E-state index contributed by atoms with van der Waals surface area (Å²) in [5.41, 5.74) is 5.32. The Bertz CT molecular complexity index is 1540. The van der Waals surface area contributed by atoms with Crippen LogP contribution in [-0.4, -0.2) is 27.1 Å². The molecule has 1 N–H and O–H groups in total. The van der Waals surface area contributed by atoms with Gasteiger partial charge in [0.2, 0.25) is 0 Å². The van der Waals surface area contributed by atoms with Gasteiger partial charge in [-0.15, -0.1) is 0 Å². The van der Waals surface area contributed by atoms with E-state index in [0.717, 1.165) is 21.0 Å². The molecule has 0 saturated heterocycles. The number of anilines is 1. The molecule has 0 heterocycles. The van der Waals surface area contributed by atoms with Gasteiger partial charge in [0.05, 0.1) is 16.8 Å². The van der Waals surface area contributed by atoms with Crippen molar-refractivity contribution in [3.05, 3.63) is 125 Å². The lowest BCUT2D eigenvalue weighted by atomic mass is 10.1. The number of hydrogen-bond acceptors (Lipinski definition) is 5. The average Bonchev–Trinajstić information content (AvgIpc) is 2.96. The second kappa shape index (κ2) is 13.1. The summed E-state index contributed by atoms with van der Waals surface area (Å²) in [4.78, 5) is 12.9. The highest BCUT2D eigenvalue weighted by molar-refractivity contribution is 7.92. The molecule has 39 heavy (non-hydrogen) atoms. The van der Waals surface area contributed by atoms with Gasteiger partial charge in [-0.1, -0.05) is 73.1 Å². The molecule has 0 radical (unpaired) electrons. The van der Waals surface area contributed by atoms with Crippen LogP contribution in [0, 0.1) is 0 Å². The number of nitrogens with zero attached hydrogens (tertiary/aromatic N) is 2. The van der Waals surface area contributed by atoms with Crippen LogP contribution in [0.25, 0.3) is 0 Å². The van der Waals surface area contributed by atoms with Crippen molar-refractivity contribution in [2.45, 2.75) is 24.8 Å². The maximum atomic E-state index is 13.5. The summed E-state index contributed by atoms with van der Waals surface area (Å²) in [6, 6.07) is 29.8. The standard InChI is InChI=1S/C30H28ClN3O4S/c1-2-24-10-7-9-15-29(24)34(39(36,37)27-12-4-3-5-13-27)21-30(35)33-32-20-23-16-18-26(19-17-23)38-22-25-11-6-8-14-28(25)31/h3-20H,2,21-22H2,1H3,(H,33,35)/b32-20-. The van der Waals surface area contributed by atoms with Gasteiger partial charge in [-0.2, -0.15) is 5.10 Å². The number of sulfonamides is 1. The topological polar surface area (TPSA) is 88.1 Å². The number of amides is 1. The molecule has 0 unspecified atom stereocenters. The Morgan fingerprint density at radius 3 is 2.23 bits per heavy atom. The quantitative estimate of drug-likeness (QED) is 0.184. The first-order valence-electron chi connectivity index (χ1n) is 12.3. The normalized spacial score (nSPS) is 11.3. The number of carbonyl (C=O) groups is 1. The van der Waals surface area contributed by atoms with Crippen molar-refractivity contribution < 1.29 is 17.9 Å². The number of ether oxygens (including phenoxy) is 1. The Kier molecular flexibility index (Phi) is 9.35. The number of hydrazone groups is 1. The van der Waals surface area contributed by atoms with E-state index in [-0.39, 0.29) is 4.90 Å². The zero-order valence-corrected chi connectivity index (χ0v) is 22.9. The van der Waals surface area contributed by atoms with Gasteiger partial charge in [-0.05, 0) is 66.1 Å². The molecule has 0 bridgehead atoms. The third kappa shape index (κ3) is 7.25. The number of para-hydroxylation sites is 1. The molecule has 0 spiro atoms. The van der Waals surface area contributed by atoms with Crippen molar-refractivity contribution in [3.63, 3.8) is 0 Å². The SMILES string of the molecule is CCc1ccccc1N(CC(=O)N/N=C\c1ccc(OCc2ccccc2Cl)cc1)S(=O)(=O)c1ccccc1. The third-order valence-electron chi connectivity index (χ3n) is 5.89. The number of nitrogens with one attached hydrogen (secondary N) is 1. The van der Waals surface area contributed by atoms with E-state index in [9.17, 15) is 13.2 Å². The van der Waals surface area contributed by atoms with Gasteiger partial charge >= 0.3 is 0 Å². The van der Waals surface area contributed by atoms with Crippen molar-refractivity contribution >= 4 is 39.4 Å². The van der Waals surface area contributed by atoms with Gasteiger partial charge in [0.25, 0.3) is 15.9 Å². The average molecular weight is 562 g/mol. The summed E-state index contributed by atoms with van der Waals surface area (Å²) in [5, 5.41) is 4.66. The maximum Gasteiger partial charge on any atom is 0.264 e. The predicted octanol–water partition coefficient (Wildman–Crippen LogP) is 5.83. The Hall–Kier alpha value is -4.14. The molecule has 0 fully saturated rings. The first-order valence-corrected chi connectivity index (χ1v) is 14.1. The van der Waals surface area contributed by atoms with E-state index in [1.54, 1.807) is 54.6 Å². The van der Waals surface area contributed by atoms with Crippen LogP contribution in [-0.2, 0) is 27.8 Å². The molecule has 0 aromatic heterocycles. The summed E-state index contributed by atoms with van der Waals surface area (Å²) in [6.45, 7) is 1.84. The minimum atomic E-state index is -3.99. The van der Waals surface area contributed by atoms with Crippen LogP contribution in [0.4, 0.5) is 5.69 Å². The summed E-state index contributed by atoms with van der Waals surface area (Å²) < 4.78 is 33.9. The van der Waals surface area contributed by atoms with Gasteiger partial charge in [-0.25, -0.2) is 13.8 Å². The lowest BCUT2D eigenvalue weighted by Gasteiger charge is -2.25. The molecule has 1 amide bonds. The highest BCUT2D eigenvalue weighted by Crippen LogP contribution is 2.27. The monoisotopic (exact) mass is 561 g/mol. The molecule has 7 nitrogen and oxygen atoms in total. The molecule has 9 heteroatoms. The minimum Gasteiger partial charge on any atom is -0.489 e. The van der Waals surface area contributed by atoms with E-state index in [4.69, 9.17) is 16.3 Å². The van der Waals surface area contributed by atoms with E-state index >= 15 is 0 Å². The molecular weight excluding hydrogens is 534 g/mol. The lowest BCUT2D eigenvalue weighted by Crippen LogP contribution is -2.40. The summed E-state index contributed by atoms with van der Waals surface area (Å²) in [7, 11) is -3.99. The number of rotatable bonds is 11. The minimum absolute atomic E-state index is 0.101. The first kappa shape index (κ1) is 27.9. The van der Waals surface area contributed by atoms with Crippen molar-refractivity contribution in [2.24, 2.45) is 5.10 Å². The fraction of sp³-hybridized carbons (Fsp3) is 0.133. The van der Waals surface area contributed by atoms with Crippen LogP contribution in [0.3, 0.4) is 0 Å². The van der Waals surface area contributed by atoms with Crippen LogP contribution in [0.15, 0.2) is 113 Å². The van der Waals surface area contributed by atoms with Crippen LogP contribution < -0.4 is 14.5 Å².